The molecule has 1 aliphatic rings. The SMILES string of the molecule is CCC1(CNCc2cc(C)n(-c3ccccc3)c2C)CC1. The molecule has 0 bridgehead atoms. The summed E-state index contributed by atoms with van der Waals surface area (Å²) in [6.45, 7) is 8.88. The van der Waals surface area contributed by atoms with Gasteiger partial charge in [-0.1, -0.05) is 25.1 Å². The van der Waals surface area contributed by atoms with E-state index >= 15 is 0 Å². The zero-order valence-electron chi connectivity index (χ0n) is 13.4. The van der Waals surface area contributed by atoms with Gasteiger partial charge in [-0.15, -0.1) is 0 Å². The fraction of sp³-hybridized carbons (Fsp3) is 0.474. The Morgan fingerprint density at radius 1 is 1.14 bits per heavy atom. The fourth-order valence-electron chi connectivity index (χ4n) is 3.28. The third-order valence-electron chi connectivity index (χ3n) is 5.07. The normalized spacial score (nSPS) is 16.1. The van der Waals surface area contributed by atoms with Crippen molar-refractivity contribution >= 4 is 0 Å². The van der Waals surface area contributed by atoms with Crippen LogP contribution >= 0.6 is 0 Å². The van der Waals surface area contributed by atoms with Gasteiger partial charge in [0, 0.05) is 30.2 Å². The Bertz CT molecular complexity index is 606. The van der Waals surface area contributed by atoms with E-state index in [0.29, 0.717) is 5.41 Å². The average Bonchev–Trinajstić information content (AvgIpc) is 3.22. The maximum absolute atomic E-state index is 3.67. The van der Waals surface area contributed by atoms with Crippen LogP contribution in [0.5, 0.6) is 0 Å². The summed E-state index contributed by atoms with van der Waals surface area (Å²) in [4.78, 5) is 0. The molecule has 2 aromatic rings. The number of aromatic nitrogens is 1. The quantitative estimate of drug-likeness (QED) is 0.832. The standard InChI is InChI=1S/C19H26N2/c1-4-19(10-11-19)14-20-13-17-12-15(2)21(16(17)3)18-8-6-5-7-9-18/h5-9,12,20H,4,10-11,13-14H2,1-3H3. The van der Waals surface area contributed by atoms with Crippen molar-refractivity contribution in [3.05, 3.63) is 53.3 Å². The average molecular weight is 282 g/mol. The van der Waals surface area contributed by atoms with Crippen LogP contribution in [-0.4, -0.2) is 11.1 Å². The molecule has 0 saturated heterocycles. The van der Waals surface area contributed by atoms with Crippen LogP contribution in [0.1, 0.15) is 43.1 Å². The van der Waals surface area contributed by atoms with Crippen LogP contribution in [0.3, 0.4) is 0 Å². The van der Waals surface area contributed by atoms with Gasteiger partial charge in [-0.25, -0.2) is 0 Å². The minimum atomic E-state index is 0.616. The van der Waals surface area contributed by atoms with E-state index in [1.807, 2.05) is 0 Å². The van der Waals surface area contributed by atoms with Crippen LogP contribution < -0.4 is 5.32 Å². The second-order valence-corrected chi connectivity index (χ2v) is 6.52. The molecule has 0 atom stereocenters. The lowest BCUT2D eigenvalue weighted by Gasteiger charge is -2.14. The molecule has 1 aromatic heterocycles. The van der Waals surface area contributed by atoms with Gasteiger partial charge >= 0.3 is 0 Å². The highest BCUT2D eigenvalue weighted by molar-refractivity contribution is 5.40. The van der Waals surface area contributed by atoms with Crippen LogP contribution in [0, 0.1) is 19.3 Å². The monoisotopic (exact) mass is 282 g/mol. The molecule has 1 fully saturated rings. The van der Waals surface area contributed by atoms with Crippen molar-refractivity contribution in [3.63, 3.8) is 0 Å². The maximum atomic E-state index is 3.67. The molecule has 1 aliphatic carbocycles. The van der Waals surface area contributed by atoms with Crippen LogP contribution in [-0.2, 0) is 6.54 Å². The van der Waals surface area contributed by atoms with E-state index in [0.717, 1.165) is 6.54 Å². The van der Waals surface area contributed by atoms with Crippen LogP contribution in [0.4, 0.5) is 0 Å². The number of hydrogen-bond acceptors (Lipinski definition) is 1. The molecule has 0 radical (unpaired) electrons. The molecule has 0 spiro atoms. The first-order chi connectivity index (χ1) is 10.2. The lowest BCUT2D eigenvalue weighted by atomic mass is 10.0. The summed E-state index contributed by atoms with van der Waals surface area (Å²) in [5.74, 6) is 0. The second kappa shape index (κ2) is 5.69. The van der Waals surface area contributed by atoms with E-state index in [1.165, 1.54) is 48.4 Å². The highest BCUT2D eigenvalue weighted by Gasteiger charge is 2.39. The molecule has 21 heavy (non-hydrogen) atoms. The van der Waals surface area contributed by atoms with Gasteiger partial charge in [-0.3, -0.25) is 0 Å². The summed E-state index contributed by atoms with van der Waals surface area (Å²) in [5.41, 5.74) is 5.96. The molecule has 1 saturated carbocycles. The number of benzene rings is 1. The molecule has 112 valence electrons. The zero-order valence-corrected chi connectivity index (χ0v) is 13.4. The van der Waals surface area contributed by atoms with E-state index in [-0.39, 0.29) is 0 Å². The molecule has 0 unspecified atom stereocenters. The van der Waals surface area contributed by atoms with E-state index in [9.17, 15) is 0 Å². The Morgan fingerprint density at radius 2 is 1.86 bits per heavy atom. The van der Waals surface area contributed by atoms with Gasteiger partial charge in [-0.2, -0.15) is 0 Å². The molecule has 2 heteroatoms. The molecule has 1 aromatic carbocycles. The highest BCUT2D eigenvalue weighted by atomic mass is 15.0. The fourth-order valence-corrected chi connectivity index (χ4v) is 3.28. The number of rotatable bonds is 6. The smallest absolute Gasteiger partial charge is 0.0455 e. The largest absolute Gasteiger partial charge is 0.318 e. The predicted octanol–water partition coefficient (Wildman–Crippen LogP) is 4.37. The van der Waals surface area contributed by atoms with Crippen LogP contribution in [0.15, 0.2) is 36.4 Å². The zero-order chi connectivity index (χ0) is 14.9. The number of aryl methyl sites for hydroxylation is 1. The van der Waals surface area contributed by atoms with Crippen molar-refractivity contribution in [2.24, 2.45) is 5.41 Å². The number of nitrogens with one attached hydrogen (secondary N) is 1. The van der Waals surface area contributed by atoms with Gasteiger partial charge in [0.1, 0.15) is 0 Å². The Kier molecular flexibility index (Phi) is 3.90. The number of para-hydroxylation sites is 1. The van der Waals surface area contributed by atoms with Gasteiger partial charge in [0.25, 0.3) is 0 Å². The van der Waals surface area contributed by atoms with E-state index < -0.39 is 0 Å². The minimum absolute atomic E-state index is 0.616. The van der Waals surface area contributed by atoms with Gasteiger partial charge in [0.15, 0.2) is 0 Å². The molecule has 3 rings (SSSR count). The lowest BCUT2D eigenvalue weighted by molar-refractivity contribution is 0.443. The maximum Gasteiger partial charge on any atom is 0.0455 e. The molecule has 1 N–H and O–H groups in total. The molecule has 2 nitrogen and oxygen atoms in total. The van der Waals surface area contributed by atoms with Crippen molar-refractivity contribution in [1.82, 2.24) is 9.88 Å². The topological polar surface area (TPSA) is 17.0 Å². The first kappa shape index (κ1) is 14.4. The number of hydrogen-bond donors (Lipinski definition) is 1. The van der Waals surface area contributed by atoms with Crippen molar-refractivity contribution in [2.45, 2.75) is 46.6 Å². The Labute approximate surface area is 128 Å². The minimum Gasteiger partial charge on any atom is -0.318 e. The molecule has 1 heterocycles. The predicted molar refractivity (Wildman–Crippen MR) is 88.9 cm³/mol. The Balaban J connectivity index is 1.72. The summed E-state index contributed by atoms with van der Waals surface area (Å²) in [7, 11) is 0. The molecular weight excluding hydrogens is 256 g/mol. The van der Waals surface area contributed by atoms with E-state index in [2.05, 4.69) is 67.1 Å². The molecule has 0 aliphatic heterocycles. The summed E-state index contributed by atoms with van der Waals surface area (Å²) in [6.07, 6.45) is 4.11. The van der Waals surface area contributed by atoms with Gasteiger partial charge in [0.05, 0.1) is 0 Å². The van der Waals surface area contributed by atoms with E-state index in [4.69, 9.17) is 0 Å². The van der Waals surface area contributed by atoms with Crippen molar-refractivity contribution in [3.8, 4) is 5.69 Å². The third kappa shape index (κ3) is 2.91. The van der Waals surface area contributed by atoms with Crippen LogP contribution in [0.2, 0.25) is 0 Å². The summed E-state index contributed by atoms with van der Waals surface area (Å²) in [6, 6.07) is 12.9. The second-order valence-electron chi connectivity index (χ2n) is 6.52. The molecule has 0 amide bonds. The van der Waals surface area contributed by atoms with E-state index in [1.54, 1.807) is 0 Å². The first-order valence-electron chi connectivity index (χ1n) is 8.09. The first-order valence-corrected chi connectivity index (χ1v) is 8.09. The van der Waals surface area contributed by atoms with Crippen LogP contribution in [0.25, 0.3) is 5.69 Å². The highest BCUT2D eigenvalue weighted by Crippen LogP contribution is 2.47. The Hall–Kier alpha value is -1.54. The van der Waals surface area contributed by atoms with Crippen molar-refractivity contribution in [1.29, 1.82) is 0 Å². The molecular formula is C19H26N2. The summed E-state index contributed by atoms with van der Waals surface area (Å²) in [5, 5.41) is 3.67. The summed E-state index contributed by atoms with van der Waals surface area (Å²) >= 11 is 0. The van der Waals surface area contributed by atoms with Gasteiger partial charge < -0.3 is 9.88 Å². The van der Waals surface area contributed by atoms with Crippen molar-refractivity contribution in [2.75, 3.05) is 6.54 Å². The van der Waals surface area contributed by atoms with Gasteiger partial charge in [0.2, 0.25) is 0 Å². The third-order valence-corrected chi connectivity index (χ3v) is 5.07. The Morgan fingerprint density at radius 3 is 2.48 bits per heavy atom. The lowest BCUT2D eigenvalue weighted by Crippen LogP contribution is -2.23. The number of nitrogens with zero attached hydrogens (tertiary/aromatic N) is 1. The van der Waals surface area contributed by atoms with Gasteiger partial charge in [-0.05, 0) is 62.3 Å². The van der Waals surface area contributed by atoms with Crippen molar-refractivity contribution < 1.29 is 0 Å². The summed E-state index contributed by atoms with van der Waals surface area (Å²) < 4.78 is 2.35.